The number of nitrogens with zero attached hydrogens (tertiary/aromatic N) is 1. The van der Waals surface area contributed by atoms with Crippen molar-refractivity contribution in [2.24, 2.45) is 16.3 Å². The Bertz CT molecular complexity index is 694. The molecule has 0 saturated heterocycles. The highest BCUT2D eigenvalue weighted by molar-refractivity contribution is 5.94. The van der Waals surface area contributed by atoms with Crippen molar-refractivity contribution in [2.45, 2.75) is 19.4 Å². The predicted octanol–water partition coefficient (Wildman–Crippen LogP) is 2.46. The van der Waals surface area contributed by atoms with Crippen LogP contribution in [0.5, 0.6) is 0 Å². The Morgan fingerprint density at radius 1 is 1.00 bits per heavy atom. The molecule has 2 aromatic carbocycles. The van der Waals surface area contributed by atoms with E-state index in [1.165, 1.54) is 0 Å². The molecule has 0 amide bonds. The van der Waals surface area contributed by atoms with E-state index in [1.54, 1.807) is 0 Å². The third kappa shape index (κ3) is 1.80. The van der Waals surface area contributed by atoms with Crippen molar-refractivity contribution >= 4 is 11.5 Å². The van der Waals surface area contributed by atoms with Crippen molar-refractivity contribution in [3.8, 4) is 0 Å². The van der Waals surface area contributed by atoms with Crippen molar-refractivity contribution in [1.82, 2.24) is 5.43 Å². The average Bonchev–Trinajstić information content (AvgIpc) is 2.51. The van der Waals surface area contributed by atoms with E-state index in [-0.39, 0.29) is 0 Å². The summed E-state index contributed by atoms with van der Waals surface area (Å²) in [5, 5.41) is 11.6. The van der Waals surface area contributed by atoms with Gasteiger partial charge < -0.3 is 10.5 Å². The molecule has 2 aromatic rings. The van der Waals surface area contributed by atoms with Crippen molar-refractivity contribution < 1.29 is 5.11 Å². The van der Waals surface area contributed by atoms with Gasteiger partial charge in [0, 0.05) is 5.56 Å². The molecule has 0 aromatic heterocycles. The summed E-state index contributed by atoms with van der Waals surface area (Å²) in [4.78, 5) is 4.56. The zero-order valence-corrected chi connectivity index (χ0v) is 12.2. The number of benzene rings is 2. The number of nitrogens with one attached hydrogen (secondary N) is 1. The Morgan fingerprint density at radius 2 is 1.62 bits per heavy atom. The van der Waals surface area contributed by atoms with Gasteiger partial charge in [0.2, 0.25) is 0 Å². The normalized spacial score (nSPS) is 23.1. The van der Waals surface area contributed by atoms with Gasteiger partial charge >= 0.3 is 0 Å². The molecule has 21 heavy (non-hydrogen) atoms. The second-order valence-electron chi connectivity index (χ2n) is 5.82. The van der Waals surface area contributed by atoms with E-state index in [2.05, 4.69) is 10.4 Å². The van der Waals surface area contributed by atoms with Crippen LogP contribution in [0, 0.1) is 5.41 Å². The molecule has 1 aliphatic rings. The Kier molecular flexibility index (Phi) is 3.08. The summed E-state index contributed by atoms with van der Waals surface area (Å²) in [5.74, 6) is 6.21. The quantitative estimate of drug-likeness (QED) is 0.555. The van der Waals surface area contributed by atoms with Gasteiger partial charge in [-0.2, -0.15) is 0 Å². The lowest BCUT2D eigenvalue weighted by Gasteiger charge is -2.46. The molecule has 0 radical (unpaired) electrons. The van der Waals surface area contributed by atoms with E-state index in [4.69, 9.17) is 5.84 Å². The molecule has 1 aliphatic heterocycles. The van der Waals surface area contributed by atoms with Gasteiger partial charge in [-0.1, -0.05) is 48.5 Å². The fourth-order valence-corrected chi connectivity index (χ4v) is 3.05. The first kappa shape index (κ1) is 13.8. The van der Waals surface area contributed by atoms with Gasteiger partial charge in [0.1, 0.15) is 11.4 Å². The van der Waals surface area contributed by atoms with Crippen LogP contribution in [0.2, 0.25) is 0 Å². The number of nitrogens with two attached hydrogens (primary N) is 1. The zero-order chi connectivity index (χ0) is 15.1. The number of hydrazine groups is 1. The molecule has 108 valence electrons. The van der Waals surface area contributed by atoms with E-state index < -0.39 is 11.0 Å². The van der Waals surface area contributed by atoms with Crippen molar-refractivity contribution in [3.05, 3.63) is 65.7 Å². The summed E-state index contributed by atoms with van der Waals surface area (Å²) in [6.45, 7) is 3.88. The first-order chi connectivity index (χ1) is 10.0. The van der Waals surface area contributed by atoms with Crippen LogP contribution in [-0.4, -0.2) is 10.9 Å². The van der Waals surface area contributed by atoms with Gasteiger partial charge in [-0.05, 0) is 25.5 Å². The summed E-state index contributed by atoms with van der Waals surface area (Å²) >= 11 is 0. The number of aliphatic hydroxyl groups is 1. The minimum Gasteiger partial charge on any atom is -0.379 e. The molecule has 1 atom stereocenters. The average molecular weight is 281 g/mol. The number of hydrogen-bond donors (Lipinski definition) is 3. The highest BCUT2D eigenvalue weighted by atomic mass is 16.3. The van der Waals surface area contributed by atoms with Crippen LogP contribution in [0.25, 0.3) is 0 Å². The number of fused-ring (bicyclic) bond motifs is 1. The summed E-state index contributed by atoms with van der Waals surface area (Å²) in [6.07, 6.45) is 0. The first-order valence-corrected chi connectivity index (χ1v) is 6.95. The molecule has 1 heterocycles. The maximum atomic E-state index is 11.6. The molecular weight excluding hydrogens is 262 g/mol. The lowest BCUT2D eigenvalue weighted by molar-refractivity contribution is -0.00157. The molecule has 4 heteroatoms. The smallest absolute Gasteiger partial charge is 0.129 e. The fraction of sp³-hybridized carbons (Fsp3) is 0.235. The van der Waals surface area contributed by atoms with E-state index in [0.717, 1.165) is 16.8 Å². The van der Waals surface area contributed by atoms with Gasteiger partial charge in [-0.25, -0.2) is 10.8 Å². The molecule has 1 unspecified atom stereocenters. The van der Waals surface area contributed by atoms with Gasteiger partial charge in [-0.3, -0.25) is 0 Å². The maximum Gasteiger partial charge on any atom is 0.129 e. The molecule has 0 saturated carbocycles. The van der Waals surface area contributed by atoms with E-state index in [1.807, 2.05) is 68.4 Å². The topological polar surface area (TPSA) is 70.6 Å². The van der Waals surface area contributed by atoms with Gasteiger partial charge in [0.05, 0.1) is 11.1 Å². The second-order valence-corrected chi connectivity index (χ2v) is 5.82. The third-order valence-electron chi connectivity index (χ3n) is 4.35. The van der Waals surface area contributed by atoms with Gasteiger partial charge in [0.15, 0.2) is 0 Å². The molecule has 0 fully saturated rings. The highest BCUT2D eigenvalue weighted by Gasteiger charge is 2.52. The number of hydrogen-bond acceptors (Lipinski definition) is 4. The number of rotatable bonds is 1. The van der Waals surface area contributed by atoms with E-state index in [0.29, 0.717) is 5.84 Å². The summed E-state index contributed by atoms with van der Waals surface area (Å²) in [5.41, 5.74) is 3.12. The molecular formula is C17H19N3O. The van der Waals surface area contributed by atoms with Crippen molar-refractivity contribution in [2.75, 3.05) is 0 Å². The minimum atomic E-state index is -1.20. The summed E-state index contributed by atoms with van der Waals surface area (Å²) in [7, 11) is 0. The largest absolute Gasteiger partial charge is 0.379 e. The van der Waals surface area contributed by atoms with Crippen LogP contribution in [0.3, 0.4) is 0 Å². The SMILES string of the molecule is CC1(C)C(NN)=Nc2ccccc2C1(O)c1ccccc1. The summed E-state index contributed by atoms with van der Waals surface area (Å²) in [6, 6.07) is 17.3. The first-order valence-electron chi connectivity index (χ1n) is 6.95. The lowest BCUT2D eigenvalue weighted by Crippen LogP contribution is -2.55. The zero-order valence-electron chi connectivity index (χ0n) is 12.2. The van der Waals surface area contributed by atoms with Crippen LogP contribution in [0.1, 0.15) is 25.0 Å². The van der Waals surface area contributed by atoms with E-state index in [9.17, 15) is 5.11 Å². The molecule has 4 nitrogen and oxygen atoms in total. The Morgan fingerprint density at radius 3 is 2.29 bits per heavy atom. The lowest BCUT2D eigenvalue weighted by atomic mass is 9.64. The molecule has 0 spiro atoms. The van der Waals surface area contributed by atoms with Crippen LogP contribution < -0.4 is 11.3 Å². The molecule has 0 aliphatic carbocycles. The van der Waals surface area contributed by atoms with Gasteiger partial charge in [-0.15, -0.1) is 0 Å². The maximum absolute atomic E-state index is 11.6. The fourth-order valence-electron chi connectivity index (χ4n) is 3.05. The van der Waals surface area contributed by atoms with Crippen LogP contribution in [-0.2, 0) is 5.60 Å². The Balaban J connectivity index is 2.34. The van der Waals surface area contributed by atoms with Gasteiger partial charge in [0.25, 0.3) is 0 Å². The summed E-state index contributed by atoms with van der Waals surface area (Å²) < 4.78 is 0. The van der Waals surface area contributed by atoms with Crippen molar-refractivity contribution in [3.63, 3.8) is 0 Å². The van der Waals surface area contributed by atoms with Crippen LogP contribution in [0.15, 0.2) is 59.6 Å². The van der Waals surface area contributed by atoms with Crippen LogP contribution in [0.4, 0.5) is 5.69 Å². The second kappa shape index (κ2) is 4.69. The molecule has 0 bridgehead atoms. The molecule has 3 rings (SSSR count). The third-order valence-corrected chi connectivity index (χ3v) is 4.35. The standard InChI is InChI=1S/C17H19N3O/c1-16(2)15(20-18)19-14-11-7-6-10-13(14)17(16,21)12-8-4-3-5-9-12/h3-11,21H,18H2,1-2H3,(H,19,20). The van der Waals surface area contributed by atoms with E-state index >= 15 is 0 Å². The van der Waals surface area contributed by atoms with Crippen LogP contribution >= 0.6 is 0 Å². The number of para-hydroxylation sites is 1. The number of amidine groups is 1. The number of aliphatic imine (C=N–C) groups is 1. The Labute approximate surface area is 124 Å². The highest BCUT2D eigenvalue weighted by Crippen LogP contribution is 2.51. The molecule has 4 N–H and O–H groups in total. The van der Waals surface area contributed by atoms with Crippen molar-refractivity contribution in [1.29, 1.82) is 0 Å². The Hall–Kier alpha value is -2.17. The predicted molar refractivity (Wildman–Crippen MR) is 84.1 cm³/mol. The minimum absolute atomic E-state index is 0.563. The monoisotopic (exact) mass is 281 g/mol.